The number of amides is 2. The smallest absolute Gasteiger partial charge is 0.315 e. The second-order valence-corrected chi connectivity index (χ2v) is 5.55. The average molecular weight is 286 g/mol. The number of hydrogen-bond donors (Lipinski definition) is 3. The first-order valence-electron chi connectivity index (χ1n) is 6.29. The lowest BCUT2D eigenvalue weighted by molar-refractivity contribution is 0.0367. The molecule has 0 saturated carbocycles. The predicted octanol–water partition coefficient (Wildman–Crippen LogP) is 1.93. The largest absolute Gasteiger partial charge is 0.466 e. The average Bonchev–Trinajstić information content (AvgIpc) is 2.90. The molecule has 3 N–H and O–H groups in total. The fourth-order valence-electron chi connectivity index (χ4n) is 1.62. The number of rotatable bonds is 7. The molecule has 0 bridgehead atoms. The van der Waals surface area contributed by atoms with Crippen LogP contribution in [0.5, 0.6) is 0 Å². The summed E-state index contributed by atoms with van der Waals surface area (Å²) < 4.78 is 5.15. The molecule has 2 unspecified atom stereocenters. The third kappa shape index (κ3) is 5.16. The van der Waals surface area contributed by atoms with Crippen LogP contribution in [0.2, 0.25) is 0 Å². The van der Waals surface area contributed by atoms with Crippen LogP contribution in [0.3, 0.4) is 0 Å². The Hall–Kier alpha value is -1.14. The molecule has 0 aliphatic carbocycles. The van der Waals surface area contributed by atoms with Crippen molar-refractivity contribution in [1.29, 1.82) is 0 Å². The van der Waals surface area contributed by atoms with E-state index < -0.39 is 5.60 Å². The van der Waals surface area contributed by atoms with Crippen LogP contribution in [-0.4, -0.2) is 35.7 Å². The number of thioether (sulfide) groups is 1. The lowest BCUT2D eigenvalue weighted by atomic mass is 10.0. The first-order chi connectivity index (χ1) is 8.99. The quantitative estimate of drug-likeness (QED) is 0.716. The molecule has 5 nitrogen and oxygen atoms in total. The molecule has 0 fully saturated rings. The molecule has 2 amide bonds. The highest BCUT2D eigenvalue weighted by Gasteiger charge is 2.26. The molecule has 0 spiro atoms. The zero-order valence-electron chi connectivity index (χ0n) is 11.6. The molecule has 1 rings (SSSR count). The lowest BCUT2D eigenvalue weighted by Crippen LogP contribution is -2.47. The number of furan rings is 1. The fourth-order valence-corrected chi connectivity index (χ4v) is 2.35. The van der Waals surface area contributed by atoms with Crippen molar-refractivity contribution < 1.29 is 14.3 Å². The van der Waals surface area contributed by atoms with Gasteiger partial charge in [0.25, 0.3) is 0 Å². The van der Waals surface area contributed by atoms with E-state index in [1.165, 1.54) is 6.26 Å². The Bertz CT molecular complexity index is 379. The zero-order valence-corrected chi connectivity index (χ0v) is 12.4. The maximum atomic E-state index is 11.7. The molecule has 0 saturated heterocycles. The summed E-state index contributed by atoms with van der Waals surface area (Å²) in [7, 11) is 0. The first kappa shape index (κ1) is 15.9. The Balaban J connectivity index is 2.41. The van der Waals surface area contributed by atoms with Gasteiger partial charge in [-0.1, -0.05) is 6.92 Å². The van der Waals surface area contributed by atoms with E-state index >= 15 is 0 Å². The van der Waals surface area contributed by atoms with E-state index in [1.807, 2.05) is 13.2 Å². The van der Waals surface area contributed by atoms with Crippen LogP contribution >= 0.6 is 11.8 Å². The van der Waals surface area contributed by atoms with Gasteiger partial charge in [0.2, 0.25) is 0 Å². The topological polar surface area (TPSA) is 74.5 Å². The normalized spacial score (nSPS) is 15.6. The van der Waals surface area contributed by atoms with Crippen molar-refractivity contribution in [3.8, 4) is 0 Å². The second kappa shape index (κ2) is 7.45. The minimum atomic E-state index is -1.21. The summed E-state index contributed by atoms with van der Waals surface area (Å²) in [5, 5.41) is 15.7. The van der Waals surface area contributed by atoms with Gasteiger partial charge in [0.1, 0.15) is 11.4 Å². The lowest BCUT2D eigenvalue weighted by Gasteiger charge is -2.22. The summed E-state index contributed by atoms with van der Waals surface area (Å²) in [5.41, 5.74) is -1.21. The number of nitrogens with one attached hydrogen (secondary N) is 2. The molecule has 6 heteroatoms. The number of urea groups is 1. The number of hydrogen-bond acceptors (Lipinski definition) is 4. The molecule has 0 aromatic carbocycles. The van der Waals surface area contributed by atoms with E-state index in [0.29, 0.717) is 5.76 Å². The Labute approximate surface area is 118 Å². The van der Waals surface area contributed by atoms with Crippen molar-refractivity contribution in [2.45, 2.75) is 31.9 Å². The Kier molecular flexibility index (Phi) is 6.24. The van der Waals surface area contributed by atoms with E-state index in [0.717, 1.165) is 12.2 Å². The van der Waals surface area contributed by atoms with Gasteiger partial charge in [-0.3, -0.25) is 0 Å². The third-order valence-electron chi connectivity index (χ3n) is 2.84. The molecule has 1 aromatic heterocycles. The van der Waals surface area contributed by atoms with Gasteiger partial charge in [0.15, 0.2) is 0 Å². The molecule has 108 valence electrons. The standard InChI is InChI=1S/C13H22N2O3S/c1-4-10(8-19-3)15-12(16)14-9-13(2,17)11-6-5-7-18-11/h5-7,10,17H,4,8-9H2,1-3H3,(H2,14,15,16). The van der Waals surface area contributed by atoms with Crippen LogP contribution in [0.4, 0.5) is 4.79 Å². The van der Waals surface area contributed by atoms with E-state index in [9.17, 15) is 9.90 Å². The summed E-state index contributed by atoms with van der Waals surface area (Å²) in [6.07, 6.45) is 4.38. The van der Waals surface area contributed by atoms with Crippen LogP contribution < -0.4 is 10.6 Å². The SMILES string of the molecule is CCC(CSC)NC(=O)NCC(C)(O)c1ccco1. The predicted molar refractivity (Wildman–Crippen MR) is 77.3 cm³/mol. The third-order valence-corrected chi connectivity index (χ3v) is 3.58. The summed E-state index contributed by atoms with van der Waals surface area (Å²) in [6.45, 7) is 3.73. The van der Waals surface area contributed by atoms with Crippen LogP contribution in [0.15, 0.2) is 22.8 Å². The fraction of sp³-hybridized carbons (Fsp3) is 0.615. The summed E-state index contributed by atoms with van der Waals surface area (Å²) >= 11 is 1.69. The Morgan fingerprint density at radius 3 is 2.89 bits per heavy atom. The highest BCUT2D eigenvalue weighted by atomic mass is 32.2. The van der Waals surface area contributed by atoms with Gasteiger partial charge in [-0.2, -0.15) is 11.8 Å². The molecule has 19 heavy (non-hydrogen) atoms. The molecule has 1 heterocycles. The van der Waals surface area contributed by atoms with Crippen LogP contribution in [-0.2, 0) is 5.60 Å². The Morgan fingerprint density at radius 2 is 2.37 bits per heavy atom. The molecular formula is C13H22N2O3S. The monoisotopic (exact) mass is 286 g/mol. The molecule has 0 radical (unpaired) electrons. The van der Waals surface area contributed by atoms with E-state index in [1.54, 1.807) is 30.8 Å². The minimum absolute atomic E-state index is 0.0993. The van der Waals surface area contributed by atoms with Gasteiger partial charge in [0, 0.05) is 11.8 Å². The van der Waals surface area contributed by atoms with Crippen LogP contribution in [0.25, 0.3) is 0 Å². The number of carbonyl (C=O) groups excluding carboxylic acids is 1. The van der Waals surface area contributed by atoms with Gasteiger partial charge in [-0.05, 0) is 31.7 Å². The van der Waals surface area contributed by atoms with E-state index in [4.69, 9.17) is 4.42 Å². The molecular weight excluding hydrogens is 264 g/mol. The summed E-state index contributed by atoms with van der Waals surface area (Å²) in [6, 6.07) is 3.26. The summed E-state index contributed by atoms with van der Waals surface area (Å²) in [5.74, 6) is 1.31. The van der Waals surface area contributed by atoms with Gasteiger partial charge >= 0.3 is 6.03 Å². The highest BCUT2D eigenvalue weighted by molar-refractivity contribution is 7.98. The van der Waals surface area contributed by atoms with Gasteiger partial charge in [-0.15, -0.1) is 0 Å². The van der Waals surface area contributed by atoms with Crippen molar-refractivity contribution in [3.63, 3.8) is 0 Å². The van der Waals surface area contributed by atoms with E-state index in [2.05, 4.69) is 10.6 Å². The van der Waals surface area contributed by atoms with Crippen LogP contribution in [0.1, 0.15) is 26.0 Å². The number of aliphatic hydroxyl groups is 1. The molecule has 0 aliphatic rings. The summed E-state index contributed by atoms with van der Waals surface area (Å²) in [4.78, 5) is 11.7. The van der Waals surface area contributed by atoms with Crippen molar-refractivity contribution in [2.75, 3.05) is 18.6 Å². The molecule has 2 atom stereocenters. The Morgan fingerprint density at radius 1 is 1.63 bits per heavy atom. The maximum absolute atomic E-state index is 11.7. The van der Waals surface area contributed by atoms with Crippen molar-refractivity contribution >= 4 is 17.8 Å². The zero-order chi connectivity index (χ0) is 14.3. The van der Waals surface area contributed by atoms with Crippen molar-refractivity contribution in [1.82, 2.24) is 10.6 Å². The van der Waals surface area contributed by atoms with Crippen molar-refractivity contribution in [2.24, 2.45) is 0 Å². The minimum Gasteiger partial charge on any atom is -0.466 e. The second-order valence-electron chi connectivity index (χ2n) is 4.64. The van der Waals surface area contributed by atoms with E-state index in [-0.39, 0.29) is 18.6 Å². The van der Waals surface area contributed by atoms with Gasteiger partial charge in [-0.25, -0.2) is 4.79 Å². The van der Waals surface area contributed by atoms with Crippen LogP contribution in [0, 0.1) is 0 Å². The van der Waals surface area contributed by atoms with Crippen molar-refractivity contribution in [3.05, 3.63) is 24.2 Å². The maximum Gasteiger partial charge on any atom is 0.315 e. The van der Waals surface area contributed by atoms with Gasteiger partial charge < -0.3 is 20.2 Å². The molecule has 1 aromatic rings. The number of carbonyl (C=O) groups is 1. The molecule has 0 aliphatic heterocycles. The first-order valence-corrected chi connectivity index (χ1v) is 7.68. The van der Waals surface area contributed by atoms with Gasteiger partial charge in [0.05, 0.1) is 12.8 Å². The highest BCUT2D eigenvalue weighted by Crippen LogP contribution is 2.19.